The lowest BCUT2D eigenvalue weighted by Gasteiger charge is -2.37. The predicted octanol–water partition coefficient (Wildman–Crippen LogP) is 3.05. The van der Waals surface area contributed by atoms with Gasteiger partial charge in [-0.25, -0.2) is 0 Å². The van der Waals surface area contributed by atoms with Crippen LogP contribution in [0.4, 0.5) is 0 Å². The minimum absolute atomic E-state index is 0.0352. The van der Waals surface area contributed by atoms with Gasteiger partial charge in [0, 0.05) is 45.7 Å². The van der Waals surface area contributed by atoms with Crippen molar-refractivity contribution in [3.8, 4) is 6.07 Å². The van der Waals surface area contributed by atoms with Crippen LogP contribution in [0.15, 0.2) is 0 Å². The Morgan fingerprint density at radius 1 is 1.03 bits per heavy atom. The normalized spacial score (nSPS) is 35.3. The van der Waals surface area contributed by atoms with Gasteiger partial charge >= 0.3 is 0 Å². The maximum Gasteiger partial charge on any atom is 0.227 e. The van der Waals surface area contributed by atoms with E-state index in [2.05, 4.69) is 11.0 Å². The van der Waals surface area contributed by atoms with Crippen LogP contribution in [-0.4, -0.2) is 84.5 Å². The molecule has 34 heavy (non-hydrogen) atoms. The number of nitrogens with zero attached hydrogens (tertiary/aromatic N) is 4. The SMILES string of the molecule is CN(C(=O)C(CC(=O)N1CCOCC1)C1C2CCCCC21)C1(C#N)CCN(C2CCCCC2)C1. The first-order valence-corrected chi connectivity index (χ1v) is 13.8. The summed E-state index contributed by atoms with van der Waals surface area (Å²) in [6.45, 7) is 3.93. The van der Waals surface area contributed by atoms with Gasteiger partial charge in [0.1, 0.15) is 5.54 Å². The minimum atomic E-state index is -0.769. The number of carbonyl (C=O) groups excluding carboxylic acids is 2. The van der Waals surface area contributed by atoms with Gasteiger partial charge in [0.05, 0.1) is 25.2 Å². The van der Waals surface area contributed by atoms with Crippen LogP contribution in [-0.2, 0) is 14.3 Å². The van der Waals surface area contributed by atoms with Gasteiger partial charge < -0.3 is 14.5 Å². The number of morpholine rings is 1. The van der Waals surface area contributed by atoms with Crippen molar-refractivity contribution in [2.75, 3.05) is 46.4 Å². The van der Waals surface area contributed by atoms with Crippen LogP contribution in [0, 0.1) is 35.0 Å². The molecule has 0 spiro atoms. The summed E-state index contributed by atoms with van der Waals surface area (Å²) in [6.07, 6.45) is 12.1. The Labute approximate surface area is 204 Å². The number of likely N-dealkylation sites (tertiary alicyclic amines) is 1. The minimum Gasteiger partial charge on any atom is -0.378 e. The predicted molar refractivity (Wildman–Crippen MR) is 129 cm³/mol. The average molecular weight is 471 g/mol. The fraction of sp³-hybridized carbons (Fsp3) is 0.889. The first-order valence-electron chi connectivity index (χ1n) is 13.8. The summed E-state index contributed by atoms with van der Waals surface area (Å²) in [6, 6.07) is 3.13. The Hall–Kier alpha value is -1.65. The third kappa shape index (κ3) is 4.60. The molecule has 0 aromatic rings. The zero-order valence-corrected chi connectivity index (χ0v) is 20.9. The molecule has 188 valence electrons. The number of likely N-dealkylation sites (N-methyl/N-ethyl adjacent to an activating group) is 1. The van der Waals surface area contributed by atoms with Gasteiger partial charge in [-0.3, -0.25) is 14.5 Å². The molecule has 0 aromatic carbocycles. The Bertz CT molecular complexity index is 788. The molecule has 7 heteroatoms. The van der Waals surface area contributed by atoms with Crippen LogP contribution in [0.3, 0.4) is 0 Å². The number of rotatable bonds is 6. The van der Waals surface area contributed by atoms with Crippen molar-refractivity contribution in [1.82, 2.24) is 14.7 Å². The maximum atomic E-state index is 14.1. The van der Waals surface area contributed by atoms with E-state index in [0.29, 0.717) is 63.1 Å². The largest absolute Gasteiger partial charge is 0.378 e. The van der Waals surface area contributed by atoms with Crippen molar-refractivity contribution in [1.29, 1.82) is 5.26 Å². The van der Waals surface area contributed by atoms with Crippen molar-refractivity contribution in [2.24, 2.45) is 23.7 Å². The summed E-state index contributed by atoms with van der Waals surface area (Å²) in [5.74, 6) is 1.33. The highest BCUT2D eigenvalue weighted by Crippen LogP contribution is 2.60. The zero-order valence-electron chi connectivity index (χ0n) is 20.9. The summed E-state index contributed by atoms with van der Waals surface area (Å²) >= 11 is 0. The number of ether oxygens (including phenoxy) is 1. The highest BCUT2D eigenvalue weighted by Gasteiger charge is 2.58. The second-order valence-electron chi connectivity index (χ2n) is 11.5. The molecule has 5 aliphatic rings. The molecule has 2 saturated heterocycles. The number of nitriles is 1. The number of hydrogen-bond donors (Lipinski definition) is 0. The molecule has 5 fully saturated rings. The van der Waals surface area contributed by atoms with E-state index < -0.39 is 5.54 Å². The molecular formula is C27H42N4O3. The van der Waals surface area contributed by atoms with Crippen LogP contribution in [0.5, 0.6) is 0 Å². The molecular weight excluding hydrogens is 428 g/mol. The Balaban J connectivity index is 1.31. The first kappa shape index (κ1) is 24.1. The molecule has 0 N–H and O–H groups in total. The molecule has 4 atom stereocenters. The van der Waals surface area contributed by atoms with Gasteiger partial charge in [0.25, 0.3) is 0 Å². The monoisotopic (exact) mass is 470 g/mol. The molecule has 3 aliphatic carbocycles. The third-order valence-electron chi connectivity index (χ3n) is 9.81. The van der Waals surface area contributed by atoms with Crippen LogP contribution < -0.4 is 0 Å². The summed E-state index contributed by atoms with van der Waals surface area (Å²) in [5.41, 5.74) is -0.769. The van der Waals surface area contributed by atoms with Gasteiger partial charge in [0.15, 0.2) is 0 Å². The Kier molecular flexibility index (Phi) is 7.18. The fourth-order valence-electron chi connectivity index (χ4n) is 7.64. The summed E-state index contributed by atoms with van der Waals surface area (Å²) in [4.78, 5) is 33.4. The van der Waals surface area contributed by atoms with Gasteiger partial charge in [-0.2, -0.15) is 5.26 Å². The Morgan fingerprint density at radius 2 is 1.68 bits per heavy atom. The number of fused-ring (bicyclic) bond motifs is 1. The van der Waals surface area contributed by atoms with Crippen molar-refractivity contribution in [2.45, 2.75) is 82.2 Å². The van der Waals surface area contributed by atoms with Gasteiger partial charge in [-0.15, -0.1) is 0 Å². The summed E-state index contributed by atoms with van der Waals surface area (Å²) in [5, 5.41) is 10.3. The molecule has 0 aromatic heterocycles. The lowest BCUT2D eigenvalue weighted by atomic mass is 9.90. The summed E-state index contributed by atoms with van der Waals surface area (Å²) < 4.78 is 5.42. The molecule has 7 nitrogen and oxygen atoms in total. The zero-order chi connectivity index (χ0) is 23.7. The van der Waals surface area contributed by atoms with Gasteiger partial charge in [0.2, 0.25) is 11.8 Å². The van der Waals surface area contributed by atoms with Crippen molar-refractivity contribution < 1.29 is 14.3 Å². The van der Waals surface area contributed by atoms with Crippen LogP contribution in [0.2, 0.25) is 0 Å². The van der Waals surface area contributed by atoms with E-state index in [1.165, 1.54) is 57.8 Å². The standard InChI is InChI=1S/C27H42N4O3/c1-29(27(18-28)11-12-31(19-27)20-7-3-2-4-8-20)26(33)23(25-21-9-5-6-10-22(21)25)17-24(32)30-13-15-34-16-14-30/h20-23,25H,2-17,19H2,1H3. The molecule has 2 heterocycles. The quantitative estimate of drug-likeness (QED) is 0.596. The second kappa shape index (κ2) is 10.1. The van der Waals surface area contributed by atoms with E-state index in [-0.39, 0.29) is 24.2 Å². The number of carbonyl (C=O) groups is 2. The molecule has 5 rings (SSSR count). The van der Waals surface area contributed by atoms with E-state index in [9.17, 15) is 14.9 Å². The smallest absolute Gasteiger partial charge is 0.227 e. The van der Waals surface area contributed by atoms with E-state index in [4.69, 9.17) is 4.74 Å². The van der Waals surface area contributed by atoms with Gasteiger partial charge in [-0.1, -0.05) is 32.1 Å². The molecule has 2 amide bonds. The van der Waals surface area contributed by atoms with E-state index in [1.54, 1.807) is 4.90 Å². The maximum absolute atomic E-state index is 14.1. The summed E-state index contributed by atoms with van der Waals surface area (Å²) in [7, 11) is 1.84. The topological polar surface area (TPSA) is 76.9 Å². The number of amides is 2. The Morgan fingerprint density at radius 3 is 2.32 bits per heavy atom. The average Bonchev–Trinajstić information content (AvgIpc) is 3.44. The highest BCUT2D eigenvalue weighted by molar-refractivity contribution is 5.87. The highest BCUT2D eigenvalue weighted by atomic mass is 16.5. The van der Waals surface area contributed by atoms with Crippen molar-refractivity contribution >= 4 is 11.8 Å². The molecule has 0 bridgehead atoms. The molecule has 2 aliphatic heterocycles. The third-order valence-corrected chi connectivity index (χ3v) is 9.81. The van der Waals surface area contributed by atoms with E-state index in [0.717, 1.165) is 6.54 Å². The van der Waals surface area contributed by atoms with E-state index in [1.807, 2.05) is 11.9 Å². The van der Waals surface area contributed by atoms with Crippen LogP contribution in [0.1, 0.15) is 70.6 Å². The van der Waals surface area contributed by atoms with E-state index >= 15 is 0 Å². The number of hydrogen-bond acceptors (Lipinski definition) is 5. The molecule has 0 radical (unpaired) electrons. The molecule has 4 unspecified atom stereocenters. The van der Waals surface area contributed by atoms with Crippen LogP contribution >= 0.6 is 0 Å². The van der Waals surface area contributed by atoms with Crippen LogP contribution in [0.25, 0.3) is 0 Å². The lowest BCUT2D eigenvalue weighted by molar-refractivity contribution is -0.145. The second-order valence-corrected chi connectivity index (χ2v) is 11.5. The van der Waals surface area contributed by atoms with Gasteiger partial charge in [-0.05, 0) is 49.9 Å². The van der Waals surface area contributed by atoms with Crippen molar-refractivity contribution in [3.63, 3.8) is 0 Å². The first-order chi connectivity index (χ1) is 16.5. The van der Waals surface area contributed by atoms with Crippen molar-refractivity contribution in [3.05, 3.63) is 0 Å². The fourth-order valence-corrected chi connectivity index (χ4v) is 7.64. The molecule has 3 saturated carbocycles. The lowest BCUT2D eigenvalue weighted by Crippen LogP contribution is -2.54.